The van der Waals surface area contributed by atoms with Crippen LogP contribution in [0.4, 0.5) is 0 Å². The molecule has 0 unspecified atom stereocenters. The van der Waals surface area contributed by atoms with Gasteiger partial charge in [-0.25, -0.2) is 0 Å². The van der Waals surface area contributed by atoms with Crippen molar-refractivity contribution in [1.29, 1.82) is 0 Å². The van der Waals surface area contributed by atoms with E-state index in [0.29, 0.717) is 0 Å². The fourth-order valence-electron chi connectivity index (χ4n) is 18.5. The van der Waals surface area contributed by atoms with E-state index in [9.17, 15) is 0 Å². The Hall–Kier alpha value is -7.02. The second-order valence-electron chi connectivity index (χ2n) is 32.2. The molecular weight excluding hydrogens is 1230 g/mol. The molecule has 0 nitrogen and oxygen atoms in total. The van der Waals surface area contributed by atoms with E-state index in [-0.39, 0.29) is 0 Å². The van der Waals surface area contributed by atoms with Crippen LogP contribution in [0.2, 0.25) is 0 Å². The highest BCUT2D eigenvalue weighted by Crippen LogP contribution is 2.45. The summed E-state index contributed by atoms with van der Waals surface area (Å²) in [7, 11) is 0. The van der Waals surface area contributed by atoms with Gasteiger partial charge in [0.05, 0.1) is 0 Å². The lowest BCUT2D eigenvalue weighted by Gasteiger charge is -2.18. The standard InChI is InChI=1S/C102H126/c1-7-13-19-25-31-37-43-73-61-91-85-55-49-79-67-97(85)98-68-80(50-56-86(98)92(91)62-74(73)44-38-32-26-20-14-8-2)82-52-58-88-94-64-76(46-40-34-28-22-16-10-4)78(48-42-36-30-24-18-12-6)66-96(94)90-60-54-84(72-102(90)100(88)70-82)83-53-59-89-95-65-77(47-41-35-29-23-17-11-5)75(45-39-33-27-21-15-9-3)63-93(95)87-57-51-81(79)69-99(87)101(89)71-83/h49-72H,7-48H2,1-6H3. The first kappa shape index (κ1) is 73.3. The molecule has 0 aliphatic carbocycles. The van der Waals surface area contributed by atoms with Gasteiger partial charge >= 0.3 is 0 Å². The Bertz CT molecular complexity index is 4160. The summed E-state index contributed by atoms with van der Waals surface area (Å²) in [4.78, 5) is 0. The van der Waals surface area contributed by atoms with Gasteiger partial charge in [0.2, 0.25) is 0 Å². The molecule has 0 aliphatic rings. The predicted molar refractivity (Wildman–Crippen MR) is 459 cm³/mol. The Morgan fingerprint density at radius 2 is 0.255 bits per heavy atom. The average molecular weight is 1350 g/mol. The van der Waals surface area contributed by atoms with E-state index in [4.69, 9.17) is 0 Å². The van der Waals surface area contributed by atoms with E-state index < -0.39 is 0 Å². The van der Waals surface area contributed by atoms with Crippen LogP contribution in [-0.2, 0) is 38.5 Å². The van der Waals surface area contributed by atoms with Crippen LogP contribution < -0.4 is 0 Å². The Morgan fingerprint density at radius 1 is 0.127 bits per heavy atom. The fourth-order valence-corrected chi connectivity index (χ4v) is 18.5. The molecule has 0 N–H and O–H groups in total. The molecule has 0 saturated carbocycles. The Balaban J connectivity index is 1.07. The van der Waals surface area contributed by atoms with Crippen molar-refractivity contribution in [1.82, 2.24) is 0 Å². The van der Waals surface area contributed by atoms with Crippen molar-refractivity contribution in [3.63, 3.8) is 0 Å². The third kappa shape index (κ3) is 17.0. The van der Waals surface area contributed by atoms with Crippen molar-refractivity contribution < 1.29 is 0 Å². The van der Waals surface area contributed by atoms with Gasteiger partial charge in [-0.15, -0.1) is 0 Å². The molecule has 0 radical (unpaired) electrons. The van der Waals surface area contributed by atoms with Crippen molar-refractivity contribution in [2.24, 2.45) is 0 Å². The molecule has 534 valence electrons. The highest BCUT2D eigenvalue weighted by Gasteiger charge is 2.20. The molecule has 0 fully saturated rings. The fraction of sp³-hybridized carbons (Fsp3) is 0.471. The first-order valence-corrected chi connectivity index (χ1v) is 42.8. The summed E-state index contributed by atoms with van der Waals surface area (Å²) in [5.41, 5.74) is 9.55. The van der Waals surface area contributed by atoms with Crippen LogP contribution in [0.15, 0.2) is 146 Å². The predicted octanol–water partition coefficient (Wildman–Crippen LogP) is 32.9. The lowest BCUT2D eigenvalue weighted by Crippen LogP contribution is -1.98. The van der Waals surface area contributed by atoms with Gasteiger partial charge in [-0.1, -0.05) is 343 Å². The molecule has 13 rings (SSSR count). The normalized spacial score (nSPS) is 12.3. The van der Waals surface area contributed by atoms with Gasteiger partial charge < -0.3 is 0 Å². The van der Waals surface area contributed by atoms with E-state index in [1.54, 1.807) is 33.4 Å². The summed E-state index contributed by atoms with van der Waals surface area (Å²) < 4.78 is 0. The van der Waals surface area contributed by atoms with Crippen LogP contribution in [-0.4, -0.2) is 0 Å². The molecule has 13 aromatic carbocycles. The molecule has 0 aromatic heterocycles. The number of aryl methyl sites for hydroxylation is 6. The van der Waals surface area contributed by atoms with Gasteiger partial charge in [0.15, 0.2) is 0 Å². The number of unbranched alkanes of at least 4 members (excludes halogenated alkanes) is 30. The number of hydrogen-bond donors (Lipinski definition) is 0. The second-order valence-corrected chi connectivity index (χ2v) is 32.2. The van der Waals surface area contributed by atoms with Crippen molar-refractivity contribution >= 4 is 129 Å². The summed E-state index contributed by atoms with van der Waals surface area (Å²) in [6.07, 6.45) is 54.7. The largest absolute Gasteiger partial charge is 0.0654 e. The first-order chi connectivity index (χ1) is 50.4. The Kier molecular flexibility index (Phi) is 26.3. The topological polar surface area (TPSA) is 0 Å². The summed E-state index contributed by atoms with van der Waals surface area (Å²) >= 11 is 0. The zero-order chi connectivity index (χ0) is 70.0. The van der Waals surface area contributed by atoms with Crippen molar-refractivity contribution in [3.8, 4) is 0 Å². The van der Waals surface area contributed by atoms with E-state index >= 15 is 0 Å². The van der Waals surface area contributed by atoms with Crippen LogP contribution in [0.3, 0.4) is 0 Å². The van der Waals surface area contributed by atoms with Gasteiger partial charge in [-0.05, 0) is 276 Å². The molecule has 0 amide bonds. The SMILES string of the molecule is CCCCCCCCc1cc2c3ccc4cc3c3cc(ccc3c2cc1CCCCCCCC)c1ccc2c3cc(CCCCCCCC)c(CCCCCCCC)cc3c3ccc(cc3c2c1)c1ccc2c3cc(CCCCCCCC)c(CCCCCCCC)cc3c3ccc4cc3c2c1. The van der Waals surface area contributed by atoms with Crippen molar-refractivity contribution in [2.45, 2.75) is 311 Å². The molecule has 12 bridgehead atoms. The van der Waals surface area contributed by atoms with E-state index in [0.717, 1.165) is 0 Å². The second kappa shape index (κ2) is 36.6. The quantitative estimate of drug-likeness (QED) is 0.0264. The molecular formula is C102H126. The molecule has 102 heavy (non-hydrogen) atoms. The number of hydrogen-bond acceptors (Lipinski definition) is 0. The molecule has 13 aromatic rings. The highest BCUT2D eigenvalue weighted by atomic mass is 14.2. The highest BCUT2D eigenvalue weighted by molar-refractivity contribution is 6.31. The van der Waals surface area contributed by atoms with E-state index in [1.807, 2.05) is 0 Å². The molecule has 0 saturated heterocycles. The Morgan fingerprint density at radius 3 is 0.402 bits per heavy atom. The van der Waals surface area contributed by atoms with Crippen LogP contribution in [0.25, 0.3) is 129 Å². The molecule has 0 heteroatoms. The van der Waals surface area contributed by atoms with Crippen LogP contribution in [0, 0.1) is 0 Å². The van der Waals surface area contributed by atoms with Crippen LogP contribution in [0.1, 0.15) is 306 Å². The van der Waals surface area contributed by atoms with Gasteiger partial charge in [0.25, 0.3) is 0 Å². The summed E-state index contributed by atoms with van der Waals surface area (Å²) in [6.45, 7) is 14.1. The summed E-state index contributed by atoms with van der Waals surface area (Å²) in [5, 5.41) is 32.8. The minimum absolute atomic E-state index is 1.17. The third-order valence-corrected chi connectivity index (χ3v) is 24.5. The monoisotopic (exact) mass is 1350 g/mol. The minimum atomic E-state index is 1.17. The maximum Gasteiger partial charge on any atom is -0.00926 e. The van der Waals surface area contributed by atoms with Gasteiger partial charge in [-0.3, -0.25) is 0 Å². The zero-order valence-corrected chi connectivity index (χ0v) is 64.6. The number of rotatable bonds is 42. The Labute approximate surface area is 615 Å². The van der Waals surface area contributed by atoms with Gasteiger partial charge in [0.1, 0.15) is 0 Å². The van der Waals surface area contributed by atoms with E-state index in [1.165, 1.54) is 399 Å². The molecule has 0 atom stereocenters. The van der Waals surface area contributed by atoms with Crippen molar-refractivity contribution in [3.05, 3.63) is 179 Å². The maximum atomic E-state index is 2.69. The average Bonchev–Trinajstić information content (AvgIpc) is 0.732. The smallest absolute Gasteiger partial charge is 0.00926 e. The zero-order valence-electron chi connectivity index (χ0n) is 64.6. The molecule has 0 aliphatic heterocycles. The van der Waals surface area contributed by atoms with Gasteiger partial charge in [-0.2, -0.15) is 0 Å². The van der Waals surface area contributed by atoms with E-state index in [2.05, 4.69) is 187 Å². The van der Waals surface area contributed by atoms with Crippen LogP contribution >= 0.6 is 0 Å². The lowest BCUT2D eigenvalue weighted by atomic mass is 9.86. The first-order valence-electron chi connectivity index (χ1n) is 42.8. The van der Waals surface area contributed by atoms with Crippen LogP contribution in [0.5, 0.6) is 0 Å². The minimum Gasteiger partial charge on any atom is -0.0654 e. The van der Waals surface area contributed by atoms with Crippen molar-refractivity contribution in [2.75, 3.05) is 0 Å². The third-order valence-electron chi connectivity index (χ3n) is 24.5. The summed E-state index contributed by atoms with van der Waals surface area (Å²) in [5.74, 6) is 0. The van der Waals surface area contributed by atoms with Gasteiger partial charge in [0, 0.05) is 0 Å². The summed E-state index contributed by atoms with van der Waals surface area (Å²) in [6, 6.07) is 61.9. The number of fused-ring (bicyclic) bond motifs is 18. The molecule has 0 spiro atoms. The lowest BCUT2D eigenvalue weighted by molar-refractivity contribution is 0.599. The number of benzene rings is 12. The molecule has 0 heterocycles. The maximum absolute atomic E-state index is 2.69.